The Morgan fingerprint density at radius 2 is 2.00 bits per heavy atom. The van der Waals surface area contributed by atoms with Crippen LogP contribution in [0, 0.1) is 6.92 Å². The number of aromatic nitrogens is 1. The van der Waals surface area contributed by atoms with Crippen LogP contribution >= 0.6 is 11.3 Å². The molecule has 1 aliphatic rings. The monoisotopic (exact) mass is 366 g/mol. The second-order valence-corrected chi connectivity index (χ2v) is 7.84. The molecular weight excluding hydrogens is 344 g/mol. The smallest absolute Gasteiger partial charge is 0.260 e. The zero-order valence-electron chi connectivity index (χ0n) is 14.9. The van der Waals surface area contributed by atoms with Crippen LogP contribution in [0.5, 0.6) is 5.75 Å². The molecule has 26 heavy (non-hydrogen) atoms. The van der Waals surface area contributed by atoms with Crippen LogP contribution in [0.3, 0.4) is 0 Å². The average Bonchev–Trinajstić information content (AvgIpc) is 3.10. The quantitative estimate of drug-likeness (QED) is 0.688. The molecule has 0 spiro atoms. The van der Waals surface area contributed by atoms with Crippen molar-refractivity contribution in [2.75, 3.05) is 19.7 Å². The molecule has 0 bridgehead atoms. The molecule has 0 N–H and O–H groups in total. The Balaban J connectivity index is 1.32. The highest BCUT2D eigenvalue weighted by atomic mass is 32.1. The van der Waals surface area contributed by atoms with Crippen molar-refractivity contribution >= 4 is 27.5 Å². The number of hydrogen-bond acceptors (Lipinski definition) is 4. The van der Waals surface area contributed by atoms with E-state index in [2.05, 4.69) is 18.2 Å². The van der Waals surface area contributed by atoms with Crippen LogP contribution in [0.4, 0.5) is 0 Å². The summed E-state index contributed by atoms with van der Waals surface area (Å²) in [6.45, 7) is 3.67. The van der Waals surface area contributed by atoms with Crippen molar-refractivity contribution in [3.63, 3.8) is 0 Å². The molecule has 1 fully saturated rings. The molecule has 1 amide bonds. The van der Waals surface area contributed by atoms with Crippen molar-refractivity contribution in [1.82, 2.24) is 9.88 Å². The van der Waals surface area contributed by atoms with Gasteiger partial charge in [0.25, 0.3) is 5.91 Å². The Bertz CT molecular complexity index is 880. The maximum absolute atomic E-state index is 12.4. The summed E-state index contributed by atoms with van der Waals surface area (Å²) < 4.78 is 6.89. The van der Waals surface area contributed by atoms with E-state index in [1.165, 1.54) is 9.71 Å². The lowest BCUT2D eigenvalue weighted by Gasteiger charge is -2.31. The fourth-order valence-electron chi connectivity index (χ4n) is 3.38. The number of likely N-dealkylation sites (tertiary alicyclic amines) is 1. The fourth-order valence-corrected chi connectivity index (χ4v) is 4.52. The van der Waals surface area contributed by atoms with E-state index in [1.807, 2.05) is 42.2 Å². The number of nitrogens with zero attached hydrogens (tertiary/aromatic N) is 2. The summed E-state index contributed by atoms with van der Waals surface area (Å²) in [6, 6.07) is 16.1. The van der Waals surface area contributed by atoms with Crippen molar-refractivity contribution in [3.05, 3.63) is 59.1 Å². The average molecular weight is 366 g/mol. The van der Waals surface area contributed by atoms with Gasteiger partial charge in [-0.25, -0.2) is 4.98 Å². The Kier molecular flexibility index (Phi) is 4.89. The molecule has 4 nitrogen and oxygen atoms in total. The third kappa shape index (κ3) is 3.73. The standard InChI is InChI=1S/C21H22N2O2S/c1-15-5-4-6-17(13-15)25-14-20(24)23-11-9-16(10-12-23)21-22-18-7-2-3-8-19(18)26-21/h2-8,13,16H,9-12,14H2,1H3. The van der Waals surface area contributed by atoms with E-state index in [0.717, 1.165) is 42.8 Å². The minimum atomic E-state index is 0.0641. The van der Waals surface area contributed by atoms with Crippen LogP contribution in [0.15, 0.2) is 48.5 Å². The highest BCUT2D eigenvalue weighted by Gasteiger charge is 2.26. The summed E-state index contributed by atoms with van der Waals surface area (Å²) in [4.78, 5) is 19.1. The van der Waals surface area contributed by atoms with E-state index < -0.39 is 0 Å². The van der Waals surface area contributed by atoms with Gasteiger partial charge >= 0.3 is 0 Å². The zero-order chi connectivity index (χ0) is 17.9. The first-order valence-electron chi connectivity index (χ1n) is 9.02. The van der Waals surface area contributed by atoms with E-state index >= 15 is 0 Å². The normalized spacial score (nSPS) is 15.3. The molecule has 0 atom stereocenters. The SMILES string of the molecule is Cc1cccc(OCC(=O)N2CCC(c3nc4ccccc4s3)CC2)c1. The molecule has 1 saturated heterocycles. The number of ether oxygens (including phenoxy) is 1. The molecule has 0 saturated carbocycles. The van der Waals surface area contributed by atoms with Gasteiger partial charge in [0.05, 0.1) is 15.2 Å². The van der Waals surface area contributed by atoms with Gasteiger partial charge < -0.3 is 9.64 Å². The molecule has 2 aromatic carbocycles. The van der Waals surface area contributed by atoms with Crippen molar-refractivity contribution in [2.45, 2.75) is 25.7 Å². The predicted octanol–water partition coefficient (Wildman–Crippen LogP) is 4.39. The van der Waals surface area contributed by atoms with Gasteiger partial charge in [-0.05, 0) is 49.6 Å². The molecule has 1 aromatic heterocycles. The summed E-state index contributed by atoms with van der Waals surface area (Å²) in [7, 11) is 0. The Hall–Kier alpha value is -2.40. The van der Waals surface area contributed by atoms with Crippen molar-refractivity contribution in [1.29, 1.82) is 0 Å². The highest BCUT2D eigenvalue weighted by molar-refractivity contribution is 7.18. The Labute approximate surface area is 157 Å². The Morgan fingerprint density at radius 3 is 2.77 bits per heavy atom. The number of carbonyl (C=O) groups is 1. The number of fused-ring (bicyclic) bond motifs is 1. The largest absolute Gasteiger partial charge is 0.484 e. The fraction of sp³-hybridized carbons (Fsp3) is 0.333. The number of carbonyl (C=O) groups excluding carboxylic acids is 1. The zero-order valence-corrected chi connectivity index (χ0v) is 15.7. The van der Waals surface area contributed by atoms with Crippen LogP contribution in [0.2, 0.25) is 0 Å². The molecule has 2 heterocycles. The first kappa shape index (κ1) is 17.0. The molecule has 0 radical (unpaired) electrons. The van der Waals surface area contributed by atoms with E-state index in [4.69, 9.17) is 9.72 Å². The van der Waals surface area contributed by atoms with Crippen LogP contribution in [0.1, 0.15) is 29.3 Å². The lowest BCUT2D eigenvalue weighted by Crippen LogP contribution is -2.40. The lowest BCUT2D eigenvalue weighted by molar-refractivity contribution is -0.134. The van der Waals surface area contributed by atoms with E-state index in [0.29, 0.717) is 5.92 Å². The van der Waals surface area contributed by atoms with Gasteiger partial charge in [0.2, 0.25) is 0 Å². The first-order chi connectivity index (χ1) is 12.7. The van der Waals surface area contributed by atoms with Crippen LogP contribution in [-0.2, 0) is 4.79 Å². The van der Waals surface area contributed by atoms with Crippen LogP contribution in [-0.4, -0.2) is 35.5 Å². The van der Waals surface area contributed by atoms with Gasteiger partial charge in [0.1, 0.15) is 5.75 Å². The maximum atomic E-state index is 12.4. The second kappa shape index (κ2) is 7.46. The second-order valence-electron chi connectivity index (χ2n) is 6.78. The summed E-state index contributed by atoms with van der Waals surface area (Å²) in [5.74, 6) is 1.27. The molecule has 5 heteroatoms. The molecule has 4 rings (SSSR count). The molecular formula is C21H22N2O2S. The Morgan fingerprint density at radius 1 is 1.19 bits per heavy atom. The minimum Gasteiger partial charge on any atom is -0.484 e. The molecule has 3 aromatic rings. The van der Waals surface area contributed by atoms with Gasteiger partial charge in [0, 0.05) is 19.0 Å². The first-order valence-corrected chi connectivity index (χ1v) is 9.83. The topological polar surface area (TPSA) is 42.4 Å². The van der Waals surface area contributed by atoms with Gasteiger partial charge in [-0.1, -0.05) is 24.3 Å². The van der Waals surface area contributed by atoms with Crippen molar-refractivity contribution in [2.24, 2.45) is 0 Å². The maximum Gasteiger partial charge on any atom is 0.260 e. The summed E-state index contributed by atoms with van der Waals surface area (Å²) >= 11 is 1.78. The number of para-hydroxylation sites is 1. The van der Waals surface area contributed by atoms with Gasteiger partial charge in [-0.3, -0.25) is 4.79 Å². The van der Waals surface area contributed by atoms with Crippen LogP contribution < -0.4 is 4.74 Å². The van der Waals surface area contributed by atoms with E-state index in [1.54, 1.807) is 11.3 Å². The number of aryl methyl sites for hydroxylation is 1. The third-order valence-corrected chi connectivity index (χ3v) is 6.06. The van der Waals surface area contributed by atoms with Crippen LogP contribution in [0.25, 0.3) is 10.2 Å². The summed E-state index contributed by atoms with van der Waals surface area (Å²) in [5.41, 5.74) is 2.21. The number of benzene rings is 2. The van der Waals surface area contributed by atoms with Gasteiger partial charge in [0.15, 0.2) is 6.61 Å². The third-order valence-electron chi connectivity index (χ3n) is 4.86. The number of piperidine rings is 1. The highest BCUT2D eigenvalue weighted by Crippen LogP contribution is 2.33. The molecule has 0 aliphatic carbocycles. The van der Waals surface area contributed by atoms with E-state index in [9.17, 15) is 4.79 Å². The number of rotatable bonds is 4. The molecule has 134 valence electrons. The summed E-state index contributed by atoms with van der Waals surface area (Å²) in [5, 5.41) is 1.20. The summed E-state index contributed by atoms with van der Waals surface area (Å²) in [6.07, 6.45) is 1.94. The van der Waals surface area contributed by atoms with Crippen molar-refractivity contribution < 1.29 is 9.53 Å². The van der Waals surface area contributed by atoms with Crippen molar-refractivity contribution in [3.8, 4) is 5.75 Å². The number of thiazole rings is 1. The number of amides is 1. The molecule has 0 unspecified atom stereocenters. The van der Waals surface area contributed by atoms with Gasteiger partial charge in [-0.2, -0.15) is 0 Å². The predicted molar refractivity (Wildman–Crippen MR) is 105 cm³/mol. The number of hydrogen-bond donors (Lipinski definition) is 0. The van der Waals surface area contributed by atoms with Gasteiger partial charge in [-0.15, -0.1) is 11.3 Å². The van der Waals surface area contributed by atoms with E-state index in [-0.39, 0.29) is 12.5 Å². The minimum absolute atomic E-state index is 0.0641. The molecule has 1 aliphatic heterocycles. The lowest BCUT2D eigenvalue weighted by atomic mass is 9.97.